The number of benzene rings is 1. The van der Waals surface area contributed by atoms with Crippen molar-refractivity contribution in [3.8, 4) is 0 Å². The Morgan fingerprint density at radius 1 is 1.17 bits per heavy atom. The lowest BCUT2D eigenvalue weighted by Crippen LogP contribution is -2.05. The molecule has 0 aliphatic carbocycles. The molecule has 5 heteroatoms. The number of nitrogens with two attached hydrogens (primary N) is 1. The fourth-order valence-corrected chi connectivity index (χ4v) is 1.78. The normalized spacial score (nSPS) is 10.8. The van der Waals surface area contributed by atoms with Crippen LogP contribution < -0.4 is 5.73 Å². The summed E-state index contributed by atoms with van der Waals surface area (Å²) in [5, 5.41) is 12.0. The van der Waals surface area contributed by atoms with Crippen molar-refractivity contribution in [2.75, 3.05) is 0 Å². The van der Waals surface area contributed by atoms with Crippen LogP contribution in [0.25, 0.3) is 0 Å². The molecule has 0 bridgehead atoms. The molecule has 0 fully saturated rings. The van der Waals surface area contributed by atoms with Crippen LogP contribution >= 0.6 is 0 Å². The highest BCUT2D eigenvalue weighted by Gasteiger charge is 2.01. The number of aryl methyl sites for hydroxylation is 1. The highest BCUT2D eigenvalue weighted by molar-refractivity contribution is 5.22. The van der Waals surface area contributed by atoms with Gasteiger partial charge in [-0.05, 0) is 29.2 Å². The zero-order chi connectivity index (χ0) is 12.8. The summed E-state index contributed by atoms with van der Waals surface area (Å²) in [5.41, 5.74) is 8.01. The van der Waals surface area contributed by atoms with E-state index in [0.29, 0.717) is 18.9 Å². The van der Waals surface area contributed by atoms with Crippen LogP contribution in [0.3, 0.4) is 0 Å². The van der Waals surface area contributed by atoms with Crippen molar-refractivity contribution >= 4 is 0 Å². The number of tetrazole rings is 1. The molecule has 0 atom stereocenters. The molecule has 1 heterocycles. The van der Waals surface area contributed by atoms with Crippen molar-refractivity contribution in [2.45, 2.75) is 39.3 Å². The van der Waals surface area contributed by atoms with Crippen LogP contribution in [-0.2, 0) is 19.5 Å². The highest BCUT2D eigenvalue weighted by atomic mass is 15.6. The summed E-state index contributed by atoms with van der Waals surface area (Å²) in [6, 6.07) is 8.59. The van der Waals surface area contributed by atoms with E-state index in [1.54, 1.807) is 4.80 Å². The zero-order valence-electron chi connectivity index (χ0n) is 10.7. The molecule has 0 amide bonds. The molecule has 0 unspecified atom stereocenters. The minimum atomic E-state index is 0.329. The Morgan fingerprint density at radius 2 is 1.89 bits per heavy atom. The van der Waals surface area contributed by atoms with Crippen LogP contribution in [0.1, 0.15) is 36.7 Å². The van der Waals surface area contributed by atoms with E-state index >= 15 is 0 Å². The lowest BCUT2D eigenvalue weighted by Gasteiger charge is -2.03. The van der Waals surface area contributed by atoms with Gasteiger partial charge in [-0.25, -0.2) is 0 Å². The first kappa shape index (κ1) is 12.7. The summed E-state index contributed by atoms with van der Waals surface area (Å²) in [6.45, 7) is 3.18. The molecule has 0 saturated carbocycles. The Morgan fingerprint density at radius 3 is 2.50 bits per heavy atom. The number of hydrogen-bond acceptors (Lipinski definition) is 4. The monoisotopic (exact) mass is 245 g/mol. The smallest absolute Gasteiger partial charge is 0.188 e. The van der Waals surface area contributed by atoms with Crippen molar-refractivity contribution in [2.24, 2.45) is 5.73 Å². The Hall–Kier alpha value is -1.75. The molecular formula is C13H19N5. The van der Waals surface area contributed by atoms with Gasteiger partial charge in [0, 0.05) is 0 Å². The lowest BCUT2D eigenvalue weighted by atomic mass is 10.1. The number of hydrogen-bond donors (Lipinski definition) is 1. The summed E-state index contributed by atoms with van der Waals surface area (Å²) in [7, 11) is 0. The maximum Gasteiger partial charge on any atom is 0.188 e. The van der Waals surface area contributed by atoms with Crippen LogP contribution in [0.15, 0.2) is 24.3 Å². The molecule has 0 aliphatic rings. The van der Waals surface area contributed by atoms with Crippen LogP contribution in [0.2, 0.25) is 0 Å². The Balaban J connectivity index is 1.97. The van der Waals surface area contributed by atoms with Crippen LogP contribution in [0.5, 0.6) is 0 Å². The van der Waals surface area contributed by atoms with Gasteiger partial charge in [0.2, 0.25) is 0 Å². The highest BCUT2D eigenvalue weighted by Crippen LogP contribution is 2.08. The van der Waals surface area contributed by atoms with Gasteiger partial charge in [-0.1, -0.05) is 37.6 Å². The van der Waals surface area contributed by atoms with E-state index in [4.69, 9.17) is 5.73 Å². The average Bonchev–Trinajstić information content (AvgIpc) is 2.86. The number of aromatic nitrogens is 4. The van der Waals surface area contributed by atoms with E-state index in [-0.39, 0.29) is 0 Å². The Kier molecular flexibility index (Phi) is 4.41. The predicted octanol–water partition coefficient (Wildman–Crippen LogP) is 1.52. The third-order valence-electron chi connectivity index (χ3n) is 2.84. The van der Waals surface area contributed by atoms with Gasteiger partial charge in [-0.2, -0.15) is 4.80 Å². The van der Waals surface area contributed by atoms with Crippen molar-refractivity contribution < 1.29 is 0 Å². The fraction of sp³-hybridized carbons (Fsp3) is 0.462. The molecule has 1 aromatic carbocycles. The number of rotatable bonds is 6. The molecule has 2 N–H and O–H groups in total. The molecule has 1 aromatic heterocycles. The summed E-state index contributed by atoms with van der Waals surface area (Å²) < 4.78 is 0. The average molecular weight is 245 g/mol. The molecule has 5 nitrogen and oxygen atoms in total. The zero-order valence-corrected chi connectivity index (χ0v) is 10.7. The molecule has 18 heavy (non-hydrogen) atoms. The first-order valence-corrected chi connectivity index (χ1v) is 6.36. The molecule has 96 valence electrons. The van der Waals surface area contributed by atoms with E-state index in [2.05, 4.69) is 46.6 Å². The van der Waals surface area contributed by atoms with Gasteiger partial charge in [0.05, 0.1) is 13.1 Å². The van der Waals surface area contributed by atoms with Crippen molar-refractivity contribution in [1.82, 2.24) is 20.2 Å². The van der Waals surface area contributed by atoms with Gasteiger partial charge in [0.15, 0.2) is 5.82 Å². The summed E-state index contributed by atoms with van der Waals surface area (Å²) in [5.74, 6) is 0.578. The van der Waals surface area contributed by atoms with Gasteiger partial charge >= 0.3 is 0 Å². The second-order valence-electron chi connectivity index (χ2n) is 4.36. The minimum Gasteiger partial charge on any atom is -0.324 e. The van der Waals surface area contributed by atoms with Crippen molar-refractivity contribution in [3.63, 3.8) is 0 Å². The molecule has 2 aromatic rings. The predicted molar refractivity (Wildman–Crippen MR) is 69.9 cm³/mol. The topological polar surface area (TPSA) is 69.6 Å². The SMILES string of the molecule is CCCCc1ccc(Cn2nnc(CN)n2)cc1. The molecule has 0 aliphatic heterocycles. The van der Waals surface area contributed by atoms with E-state index < -0.39 is 0 Å². The van der Waals surface area contributed by atoms with Gasteiger partial charge < -0.3 is 5.73 Å². The summed E-state index contributed by atoms with van der Waals surface area (Å²) in [6.07, 6.45) is 3.62. The number of unbranched alkanes of at least 4 members (excludes halogenated alkanes) is 1. The molecule has 2 rings (SSSR count). The maximum absolute atomic E-state index is 5.44. The second-order valence-corrected chi connectivity index (χ2v) is 4.36. The first-order valence-electron chi connectivity index (χ1n) is 6.36. The van der Waals surface area contributed by atoms with Crippen molar-refractivity contribution in [3.05, 3.63) is 41.2 Å². The minimum absolute atomic E-state index is 0.329. The fourth-order valence-electron chi connectivity index (χ4n) is 1.78. The largest absolute Gasteiger partial charge is 0.324 e. The molecular weight excluding hydrogens is 226 g/mol. The first-order chi connectivity index (χ1) is 8.81. The van der Waals surface area contributed by atoms with Gasteiger partial charge in [-0.15, -0.1) is 10.2 Å². The Bertz CT molecular complexity index is 474. The van der Waals surface area contributed by atoms with E-state index in [9.17, 15) is 0 Å². The van der Waals surface area contributed by atoms with Crippen LogP contribution in [0, 0.1) is 0 Å². The molecule has 0 saturated heterocycles. The quantitative estimate of drug-likeness (QED) is 0.837. The number of nitrogens with zero attached hydrogens (tertiary/aromatic N) is 4. The lowest BCUT2D eigenvalue weighted by molar-refractivity contribution is 0.570. The third kappa shape index (κ3) is 3.37. The third-order valence-corrected chi connectivity index (χ3v) is 2.84. The van der Waals surface area contributed by atoms with Crippen LogP contribution in [0.4, 0.5) is 0 Å². The standard InChI is InChI=1S/C13H19N5/c1-2-3-4-11-5-7-12(8-6-11)10-18-16-13(9-14)15-17-18/h5-8H,2-4,9-10,14H2,1H3. The molecule has 0 radical (unpaired) electrons. The summed E-state index contributed by atoms with van der Waals surface area (Å²) in [4.78, 5) is 1.57. The second kappa shape index (κ2) is 6.26. The van der Waals surface area contributed by atoms with E-state index in [1.807, 2.05) is 0 Å². The van der Waals surface area contributed by atoms with Crippen LogP contribution in [-0.4, -0.2) is 20.2 Å². The van der Waals surface area contributed by atoms with Gasteiger partial charge in [0.25, 0.3) is 0 Å². The Labute approximate surface area is 107 Å². The van der Waals surface area contributed by atoms with E-state index in [0.717, 1.165) is 6.42 Å². The van der Waals surface area contributed by atoms with Gasteiger partial charge in [0.1, 0.15) is 0 Å². The van der Waals surface area contributed by atoms with Crippen molar-refractivity contribution in [1.29, 1.82) is 0 Å². The van der Waals surface area contributed by atoms with Gasteiger partial charge in [-0.3, -0.25) is 0 Å². The summed E-state index contributed by atoms with van der Waals surface area (Å²) >= 11 is 0. The molecule has 0 spiro atoms. The maximum atomic E-state index is 5.44. The van der Waals surface area contributed by atoms with E-state index in [1.165, 1.54) is 24.0 Å².